The number of carbonyl (C=O) groups excluding carboxylic acids is 1. The van der Waals surface area contributed by atoms with Crippen LogP contribution in [0.3, 0.4) is 0 Å². The van der Waals surface area contributed by atoms with Crippen molar-refractivity contribution in [2.24, 2.45) is 0 Å². The fourth-order valence-electron chi connectivity index (χ4n) is 2.68. The van der Waals surface area contributed by atoms with Crippen molar-refractivity contribution in [2.45, 2.75) is 25.5 Å². The van der Waals surface area contributed by atoms with Crippen molar-refractivity contribution in [2.75, 3.05) is 30.9 Å². The maximum atomic E-state index is 12.5. The number of nitrogens with one attached hydrogen (secondary N) is 1. The summed E-state index contributed by atoms with van der Waals surface area (Å²) in [5, 5.41) is 7.15. The van der Waals surface area contributed by atoms with E-state index in [1.165, 1.54) is 0 Å². The summed E-state index contributed by atoms with van der Waals surface area (Å²) in [6.45, 7) is 1.54. The summed E-state index contributed by atoms with van der Waals surface area (Å²) < 4.78 is 7.40. The molecule has 1 N–H and O–H groups in total. The van der Waals surface area contributed by atoms with Crippen molar-refractivity contribution in [3.05, 3.63) is 36.4 Å². The molecular weight excluding hydrogens is 294 g/mol. The van der Waals surface area contributed by atoms with Gasteiger partial charge in [-0.25, -0.2) is 0 Å². The molecule has 1 amide bonds. The summed E-state index contributed by atoms with van der Waals surface area (Å²) in [5.74, 6) is -0.196. The average molecular weight is 315 g/mol. The first-order chi connectivity index (χ1) is 11.1. The monoisotopic (exact) mass is 315 g/mol. The Balaban J connectivity index is 1.67. The van der Waals surface area contributed by atoms with Gasteiger partial charge in [0.1, 0.15) is 0 Å². The fraction of sp³-hybridized carbons (Fsp3) is 0.438. The molecule has 0 bridgehead atoms. The minimum Gasteiger partial charge on any atom is -0.377 e. The molecule has 0 spiro atoms. The van der Waals surface area contributed by atoms with E-state index in [1.54, 1.807) is 18.6 Å². The topological polar surface area (TPSA) is 72.3 Å². The summed E-state index contributed by atoms with van der Waals surface area (Å²) in [6.07, 6.45) is 9.10. The van der Waals surface area contributed by atoms with Gasteiger partial charge in [-0.3, -0.25) is 14.5 Å². The number of nitrogens with zero attached hydrogens (tertiary/aromatic N) is 4. The second-order valence-corrected chi connectivity index (χ2v) is 5.83. The zero-order valence-corrected chi connectivity index (χ0v) is 13.4. The number of carbonyl (C=O) groups is 1. The number of pyridine rings is 1. The lowest BCUT2D eigenvalue weighted by Crippen LogP contribution is -2.18. The highest BCUT2D eigenvalue weighted by Gasteiger charge is 2.17. The van der Waals surface area contributed by atoms with Crippen LogP contribution in [-0.2, 0) is 11.3 Å². The Kier molecular flexibility index (Phi) is 4.57. The molecule has 3 rings (SSSR count). The van der Waals surface area contributed by atoms with Crippen LogP contribution in [0.15, 0.2) is 30.9 Å². The van der Waals surface area contributed by atoms with E-state index in [0.29, 0.717) is 17.8 Å². The van der Waals surface area contributed by atoms with E-state index in [1.807, 2.05) is 35.9 Å². The van der Waals surface area contributed by atoms with Gasteiger partial charge in [-0.2, -0.15) is 5.10 Å². The van der Waals surface area contributed by atoms with Gasteiger partial charge in [-0.15, -0.1) is 0 Å². The number of ether oxygens (including phenoxy) is 1. The SMILES string of the molecule is CN(C)c1ccncc1C(=O)Nc1cnn(CC2CCCO2)c1. The molecule has 7 nitrogen and oxygen atoms in total. The molecule has 3 heterocycles. The molecule has 1 aliphatic heterocycles. The van der Waals surface area contributed by atoms with E-state index >= 15 is 0 Å². The molecule has 0 saturated carbocycles. The van der Waals surface area contributed by atoms with Crippen molar-refractivity contribution in [3.8, 4) is 0 Å². The van der Waals surface area contributed by atoms with E-state index in [9.17, 15) is 4.79 Å². The molecule has 7 heteroatoms. The van der Waals surface area contributed by atoms with E-state index in [0.717, 1.165) is 25.1 Å². The lowest BCUT2D eigenvalue weighted by molar-refractivity contribution is 0.0940. The van der Waals surface area contributed by atoms with Crippen molar-refractivity contribution in [1.29, 1.82) is 0 Å². The molecule has 1 unspecified atom stereocenters. The third kappa shape index (κ3) is 3.68. The smallest absolute Gasteiger partial charge is 0.259 e. The van der Waals surface area contributed by atoms with E-state index in [2.05, 4.69) is 15.4 Å². The molecule has 0 aliphatic carbocycles. The van der Waals surface area contributed by atoms with Gasteiger partial charge < -0.3 is 15.0 Å². The maximum absolute atomic E-state index is 12.5. The second kappa shape index (κ2) is 6.78. The zero-order chi connectivity index (χ0) is 16.2. The highest BCUT2D eigenvalue weighted by atomic mass is 16.5. The minimum atomic E-state index is -0.196. The molecule has 0 radical (unpaired) electrons. The normalized spacial score (nSPS) is 17.2. The fourth-order valence-corrected chi connectivity index (χ4v) is 2.68. The Morgan fingerprint density at radius 2 is 2.35 bits per heavy atom. The van der Waals surface area contributed by atoms with Gasteiger partial charge >= 0.3 is 0 Å². The van der Waals surface area contributed by atoms with Gasteiger partial charge in [0.2, 0.25) is 0 Å². The first-order valence-corrected chi connectivity index (χ1v) is 7.70. The van der Waals surface area contributed by atoms with Crippen LogP contribution in [0.2, 0.25) is 0 Å². The quantitative estimate of drug-likeness (QED) is 0.910. The predicted octanol–water partition coefficient (Wildman–Crippen LogP) is 1.78. The summed E-state index contributed by atoms with van der Waals surface area (Å²) in [4.78, 5) is 18.4. The summed E-state index contributed by atoms with van der Waals surface area (Å²) >= 11 is 0. The van der Waals surface area contributed by atoms with Crippen LogP contribution in [0, 0.1) is 0 Å². The van der Waals surface area contributed by atoms with Crippen molar-refractivity contribution in [1.82, 2.24) is 14.8 Å². The van der Waals surface area contributed by atoms with Gasteiger partial charge in [-0.05, 0) is 18.9 Å². The maximum Gasteiger partial charge on any atom is 0.259 e. The number of hydrogen-bond acceptors (Lipinski definition) is 5. The number of amides is 1. The molecule has 1 atom stereocenters. The number of hydrogen-bond donors (Lipinski definition) is 1. The van der Waals surface area contributed by atoms with Crippen LogP contribution in [0.25, 0.3) is 0 Å². The van der Waals surface area contributed by atoms with Crippen molar-refractivity contribution in [3.63, 3.8) is 0 Å². The Morgan fingerprint density at radius 3 is 3.09 bits per heavy atom. The highest BCUT2D eigenvalue weighted by molar-refractivity contribution is 6.07. The first-order valence-electron chi connectivity index (χ1n) is 7.70. The average Bonchev–Trinajstić information content (AvgIpc) is 3.20. The Bertz CT molecular complexity index is 677. The van der Waals surface area contributed by atoms with Crippen LogP contribution >= 0.6 is 0 Å². The Hall–Kier alpha value is -2.41. The molecule has 1 aliphatic rings. The second-order valence-electron chi connectivity index (χ2n) is 5.83. The van der Waals surface area contributed by atoms with Crippen LogP contribution in [0.1, 0.15) is 23.2 Å². The van der Waals surface area contributed by atoms with Crippen molar-refractivity contribution < 1.29 is 9.53 Å². The summed E-state index contributed by atoms with van der Waals surface area (Å²) in [5.41, 5.74) is 2.02. The minimum absolute atomic E-state index is 0.196. The largest absolute Gasteiger partial charge is 0.377 e. The van der Waals surface area contributed by atoms with Crippen LogP contribution < -0.4 is 10.2 Å². The van der Waals surface area contributed by atoms with Gasteiger partial charge in [-0.1, -0.05) is 0 Å². The lowest BCUT2D eigenvalue weighted by Gasteiger charge is -2.16. The third-order valence-corrected chi connectivity index (χ3v) is 3.83. The summed E-state index contributed by atoms with van der Waals surface area (Å²) in [6, 6.07) is 1.82. The molecule has 122 valence electrons. The predicted molar refractivity (Wildman–Crippen MR) is 87.7 cm³/mol. The van der Waals surface area contributed by atoms with Crippen LogP contribution in [0.5, 0.6) is 0 Å². The molecule has 1 fully saturated rings. The molecule has 2 aromatic rings. The Morgan fingerprint density at radius 1 is 1.48 bits per heavy atom. The van der Waals surface area contributed by atoms with Gasteiger partial charge in [0, 0.05) is 39.3 Å². The van der Waals surface area contributed by atoms with E-state index in [-0.39, 0.29) is 12.0 Å². The Labute approximate surface area is 135 Å². The summed E-state index contributed by atoms with van der Waals surface area (Å²) in [7, 11) is 3.79. The molecule has 23 heavy (non-hydrogen) atoms. The van der Waals surface area contributed by atoms with Crippen LogP contribution in [-0.4, -0.2) is 47.5 Å². The number of rotatable bonds is 5. The van der Waals surface area contributed by atoms with Gasteiger partial charge in [0.05, 0.1) is 35.8 Å². The zero-order valence-electron chi connectivity index (χ0n) is 13.4. The number of anilines is 2. The van der Waals surface area contributed by atoms with Crippen molar-refractivity contribution >= 4 is 17.3 Å². The third-order valence-electron chi connectivity index (χ3n) is 3.83. The lowest BCUT2D eigenvalue weighted by atomic mass is 10.2. The first kappa shape index (κ1) is 15.5. The number of aromatic nitrogens is 3. The molecule has 2 aromatic heterocycles. The molecule has 1 saturated heterocycles. The van der Waals surface area contributed by atoms with E-state index in [4.69, 9.17) is 4.74 Å². The molecule has 0 aromatic carbocycles. The standard InChI is InChI=1S/C16H21N5O2/c1-20(2)15-5-6-17-9-14(15)16(22)19-12-8-18-21(10-12)11-13-4-3-7-23-13/h5-6,8-10,13H,3-4,7,11H2,1-2H3,(H,19,22). The highest BCUT2D eigenvalue weighted by Crippen LogP contribution is 2.19. The van der Waals surface area contributed by atoms with E-state index < -0.39 is 0 Å². The van der Waals surface area contributed by atoms with Gasteiger partial charge in [0.15, 0.2) is 0 Å². The molecular formula is C16H21N5O2. The van der Waals surface area contributed by atoms with Gasteiger partial charge in [0.25, 0.3) is 5.91 Å². The van der Waals surface area contributed by atoms with Crippen LogP contribution in [0.4, 0.5) is 11.4 Å².